The molecule has 0 radical (unpaired) electrons. The molecule has 0 aliphatic carbocycles. The van der Waals surface area contributed by atoms with Gasteiger partial charge in [0.05, 0.1) is 0 Å². The predicted molar refractivity (Wildman–Crippen MR) is 76.7 cm³/mol. The maximum absolute atomic E-state index is 13.6. The van der Waals surface area contributed by atoms with E-state index in [1.807, 2.05) is 13.8 Å². The average molecular weight is 311 g/mol. The summed E-state index contributed by atoms with van der Waals surface area (Å²) in [6.07, 6.45) is 0. The molecule has 0 saturated carbocycles. The number of likely N-dealkylation sites (N-methyl/N-ethyl adjacent to an activating group) is 1. The number of nitrogens with one attached hydrogen (secondary N) is 2. The Morgan fingerprint density at radius 3 is 2.53 bits per heavy atom. The number of sulfonamides is 1. The van der Waals surface area contributed by atoms with Gasteiger partial charge in [-0.2, -0.15) is 0 Å². The maximum Gasteiger partial charge on any atom is 0.243 e. The molecule has 0 amide bonds. The molecule has 2 N–H and O–H groups in total. The van der Waals surface area contributed by atoms with Gasteiger partial charge in [-0.3, -0.25) is 0 Å². The third-order valence-corrected chi connectivity index (χ3v) is 4.17. The van der Waals surface area contributed by atoms with E-state index in [2.05, 4.69) is 10.0 Å². The van der Waals surface area contributed by atoms with Gasteiger partial charge in [-0.1, -0.05) is 19.1 Å². The molecular weight excluding hydrogens is 291 g/mol. The highest BCUT2D eigenvalue weighted by Gasteiger charge is 2.21. The summed E-state index contributed by atoms with van der Waals surface area (Å²) in [6, 6.07) is 4.21. The molecule has 0 aliphatic heterocycles. The molecule has 19 heavy (non-hydrogen) atoms. The molecular formula is C12H20ClFN2O2S. The molecule has 1 atom stereocenters. The summed E-state index contributed by atoms with van der Waals surface area (Å²) in [4.78, 5) is -0.270. The van der Waals surface area contributed by atoms with E-state index >= 15 is 0 Å². The molecule has 0 unspecified atom stereocenters. The zero-order valence-corrected chi connectivity index (χ0v) is 12.9. The van der Waals surface area contributed by atoms with Crippen LogP contribution in [-0.2, 0) is 10.0 Å². The van der Waals surface area contributed by atoms with E-state index < -0.39 is 15.8 Å². The molecule has 110 valence electrons. The van der Waals surface area contributed by atoms with Crippen LogP contribution >= 0.6 is 12.4 Å². The van der Waals surface area contributed by atoms with Crippen molar-refractivity contribution in [1.82, 2.24) is 10.0 Å². The highest BCUT2D eigenvalue weighted by molar-refractivity contribution is 7.89. The smallest absolute Gasteiger partial charge is 0.243 e. The van der Waals surface area contributed by atoms with Crippen molar-refractivity contribution < 1.29 is 12.8 Å². The first-order valence-corrected chi connectivity index (χ1v) is 7.35. The minimum Gasteiger partial charge on any atom is -0.313 e. The standard InChI is InChI=1S/C12H19FN2O2S.ClH/c1-4-14-10(3)8-15-18(16,17)12-9(2)6-5-7-11(12)13;/h5-7,10,14-15H,4,8H2,1-3H3;1H/t10-;/m1./s1. The van der Waals surface area contributed by atoms with Gasteiger partial charge in [-0.15, -0.1) is 12.4 Å². The van der Waals surface area contributed by atoms with Crippen LogP contribution in [0.5, 0.6) is 0 Å². The van der Waals surface area contributed by atoms with Crippen LogP contribution in [0.3, 0.4) is 0 Å². The lowest BCUT2D eigenvalue weighted by atomic mass is 10.2. The number of aryl methyl sites for hydroxylation is 1. The molecule has 0 fully saturated rings. The summed E-state index contributed by atoms with van der Waals surface area (Å²) in [5.41, 5.74) is 0.401. The SMILES string of the molecule is CCN[C@H](C)CNS(=O)(=O)c1c(C)cccc1F.Cl. The molecule has 0 spiro atoms. The fraction of sp³-hybridized carbons (Fsp3) is 0.500. The first-order valence-electron chi connectivity index (χ1n) is 5.86. The highest BCUT2D eigenvalue weighted by atomic mass is 35.5. The maximum atomic E-state index is 13.6. The van der Waals surface area contributed by atoms with Gasteiger partial charge in [0.25, 0.3) is 0 Å². The number of halogens is 2. The first-order chi connectivity index (χ1) is 8.38. The summed E-state index contributed by atoms with van der Waals surface area (Å²) in [7, 11) is -3.80. The molecule has 0 aliphatic rings. The van der Waals surface area contributed by atoms with Crippen molar-refractivity contribution in [2.75, 3.05) is 13.1 Å². The van der Waals surface area contributed by atoms with Gasteiger partial charge >= 0.3 is 0 Å². The van der Waals surface area contributed by atoms with Crippen molar-refractivity contribution in [3.05, 3.63) is 29.6 Å². The minimum atomic E-state index is -3.80. The molecule has 0 saturated heterocycles. The minimum absolute atomic E-state index is 0. The van der Waals surface area contributed by atoms with Gasteiger partial charge in [0.2, 0.25) is 10.0 Å². The fourth-order valence-electron chi connectivity index (χ4n) is 1.68. The van der Waals surface area contributed by atoms with E-state index in [9.17, 15) is 12.8 Å². The van der Waals surface area contributed by atoms with Gasteiger partial charge in [-0.05, 0) is 32.0 Å². The Balaban J connectivity index is 0.00000324. The summed E-state index contributed by atoms with van der Waals surface area (Å²) < 4.78 is 40.0. The van der Waals surface area contributed by atoms with E-state index in [0.717, 1.165) is 12.6 Å². The Labute approximate surface area is 120 Å². The van der Waals surface area contributed by atoms with Gasteiger partial charge in [0, 0.05) is 12.6 Å². The zero-order valence-electron chi connectivity index (χ0n) is 11.2. The second-order valence-electron chi connectivity index (χ2n) is 4.20. The van der Waals surface area contributed by atoms with E-state index in [0.29, 0.717) is 5.56 Å². The lowest BCUT2D eigenvalue weighted by Gasteiger charge is -2.14. The largest absolute Gasteiger partial charge is 0.313 e. The summed E-state index contributed by atoms with van der Waals surface area (Å²) >= 11 is 0. The Hall–Kier alpha value is -0.690. The van der Waals surface area contributed by atoms with Crippen LogP contribution in [-0.4, -0.2) is 27.5 Å². The third-order valence-electron chi connectivity index (χ3n) is 2.56. The molecule has 0 heterocycles. The van der Waals surface area contributed by atoms with Gasteiger partial charge < -0.3 is 5.32 Å². The lowest BCUT2D eigenvalue weighted by Crippen LogP contribution is -2.39. The van der Waals surface area contributed by atoms with E-state index in [4.69, 9.17) is 0 Å². The van der Waals surface area contributed by atoms with Crippen LogP contribution < -0.4 is 10.0 Å². The fourth-order valence-corrected chi connectivity index (χ4v) is 3.11. The molecule has 7 heteroatoms. The summed E-state index contributed by atoms with van der Waals surface area (Å²) in [5, 5.41) is 3.08. The molecule has 4 nitrogen and oxygen atoms in total. The van der Waals surface area contributed by atoms with Crippen molar-refractivity contribution in [2.24, 2.45) is 0 Å². The normalized spacial score (nSPS) is 12.8. The Bertz CT molecular complexity index is 488. The second kappa shape index (κ2) is 7.79. The Morgan fingerprint density at radius 2 is 2.00 bits per heavy atom. The van der Waals surface area contributed by atoms with Crippen molar-refractivity contribution in [1.29, 1.82) is 0 Å². The topological polar surface area (TPSA) is 58.2 Å². The second-order valence-corrected chi connectivity index (χ2v) is 5.90. The van der Waals surface area contributed by atoms with Gasteiger partial charge in [-0.25, -0.2) is 17.5 Å². The Kier molecular flexibility index (Phi) is 7.51. The van der Waals surface area contributed by atoms with Crippen LogP contribution in [0.15, 0.2) is 23.1 Å². The van der Waals surface area contributed by atoms with E-state index in [-0.39, 0.29) is 29.9 Å². The average Bonchev–Trinajstić information content (AvgIpc) is 2.26. The van der Waals surface area contributed by atoms with Crippen LogP contribution in [0, 0.1) is 12.7 Å². The summed E-state index contributed by atoms with van der Waals surface area (Å²) in [6.45, 7) is 6.35. The van der Waals surface area contributed by atoms with Crippen LogP contribution in [0.25, 0.3) is 0 Å². The lowest BCUT2D eigenvalue weighted by molar-refractivity contribution is 0.527. The molecule has 1 aromatic carbocycles. The van der Waals surface area contributed by atoms with Crippen molar-refractivity contribution >= 4 is 22.4 Å². The van der Waals surface area contributed by atoms with E-state index in [1.165, 1.54) is 6.07 Å². The number of benzene rings is 1. The van der Waals surface area contributed by atoms with Crippen molar-refractivity contribution in [2.45, 2.75) is 31.7 Å². The zero-order chi connectivity index (χ0) is 13.8. The summed E-state index contributed by atoms with van der Waals surface area (Å²) in [5.74, 6) is -0.724. The quantitative estimate of drug-likeness (QED) is 0.843. The molecule has 0 aromatic heterocycles. The van der Waals surface area contributed by atoms with Gasteiger partial charge in [0.1, 0.15) is 10.7 Å². The van der Waals surface area contributed by atoms with E-state index in [1.54, 1.807) is 13.0 Å². The number of hydrogen-bond donors (Lipinski definition) is 2. The number of hydrogen-bond acceptors (Lipinski definition) is 3. The van der Waals surface area contributed by atoms with Gasteiger partial charge in [0.15, 0.2) is 0 Å². The van der Waals surface area contributed by atoms with Crippen LogP contribution in [0.4, 0.5) is 4.39 Å². The number of rotatable bonds is 6. The van der Waals surface area contributed by atoms with Crippen LogP contribution in [0.1, 0.15) is 19.4 Å². The predicted octanol–water partition coefficient (Wildman–Crippen LogP) is 1.83. The first kappa shape index (κ1) is 18.3. The van der Waals surface area contributed by atoms with Crippen molar-refractivity contribution in [3.8, 4) is 0 Å². The van der Waals surface area contributed by atoms with Crippen LogP contribution in [0.2, 0.25) is 0 Å². The highest BCUT2D eigenvalue weighted by Crippen LogP contribution is 2.18. The molecule has 1 aromatic rings. The Morgan fingerprint density at radius 1 is 1.37 bits per heavy atom. The third kappa shape index (κ3) is 5.06. The van der Waals surface area contributed by atoms with Crippen molar-refractivity contribution in [3.63, 3.8) is 0 Å². The molecule has 0 bridgehead atoms. The molecule has 1 rings (SSSR count). The monoisotopic (exact) mass is 310 g/mol.